The van der Waals surface area contributed by atoms with E-state index in [0.29, 0.717) is 40.8 Å². The number of carbonyl (C=O) groups excluding carboxylic acids is 1. The Balaban J connectivity index is 1.39. The Morgan fingerprint density at radius 3 is 2.79 bits per heavy atom. The average Bonchev–Trinajstić information content (AvgIpc) is 3.22. The van der Waals surface area contributed by atoms with E-state index in [-0.39, 0.29) is 12.5 Å². The first-order valence-electron chi connectivity index (χ1n) is 10.1. The van der Waals surface area contributed by atoms with E-state index in [9.17, 15) is 9.18 Å². The van der Waals surface area contributed by atoms with E-state index in [0.717, 1.165) is 5.69 Å². The van der Waals surface area contributed by atoms with Gasteiger partial charge in [-0.3, -0.25) is 4.79 Å². The highest BCUT2D eigenvalue weighted by atomic mass is 19.1. The number of anilines is 1. The summed E-state index contributed by atoms with van der Waals surface area (Å²) in [6.07, 6.45) is 3.11. The van der Waals surface area contributed by atoms with Gasteiger partial charge in [-0.25, -0.2) is 14.4 Å². The highest BCUT2D eigenvalue weighted by Gasteiger charge is 2.13. The Hall–Kier alpha value is -4.34. The maximum atomic E-state index is 13.4. The third-order valence-corrected chi connectivity index (χ3v) is 5.04. The number of aromatic nitrogens is 5. The van der Waals surface area contributed by atoms with Crippen LogP contribution in [0, 0.1) is 5.82 Å². The van der Waals surface area contributed by atoms with Crippen LogP contribution >= 0.6 is 0 Å². The van der Waals surface area contributed by atoms with Gasteiger partial charge in [-0.2, -0.15) is 0 Å². The molecule has 0 unspecified atom stereocenters. The van der Waals surface area contributed by atoms with Crippen molar-refractivity contribution in [1.29, 1.82) is 0 Å². The summed E-state index contributed by atoms with van der Waals surface area (Å²) in [5.74, 6) is 1.08. The summed E-state index contributed by atoms with van der Waals surface area (Å²) < 4.78 is 20.4. The topological polar surface area (TPSA) is 107 Å². The van der Waals surface area contributed by atoms with Gasteiger partial charge >= 0.3 is 0 Å². The largest absolute Gasteiger partial charge is 0.496 e. The van der Waals surface area contributed by atoms with Gasteiger partial charge in [0.15, 0.2) is 11.6 Å². The molecule has 9 nitrogen and oxygen atoms in total. The summed E-state index contributed by atoms with van der Waals surface area (Å²) in [4.78, 5) is 20.7. The zero-order valence-corrected chi connectivity index (χ0v) is 18.1. The molecule has 0 radical (unpaired) electrons. The quantitative estimate of drug-likeness (QED) is 0.428. The van der Waals surface area contributed by atoms with Crippen LogP contribution < -0.4 is 15.4 Å². The number of hydrogen-bond acceptors (Lipinski definition) is 7. The van der Waals surface area contributed by atoms with Crippen molar-refractivity contribution in [2.24, 2.45) is 7.05 Å². The second-order valence-corrected chi connectivity index (χ2v) is 7.17. The van der Waals surface area contributed by atoms with E-state index in [2.05, 4.69) is 30.8 Å². The van der Waals surface area contributed by atoms with Gasteiger partial charge in [0.05, 0.1) is 13.7 Å². The summed E-state index contributed by atoms with van der Waals surface area (Å²) in [6, 6.07) is 13.1. The number of halogens is 1. The second kappa shape index (κ2) is 9.86. The van der Waals surface area contributed by atoms with Gasteiger partial charge in [0, 0.05) is 42.7 Å². The molecule has 0 bridgehead atoms. The predicted octanol–water partition coefficient (Wildman–Crippen LogP) is 2.96. The molecule has 4 aromatic rings. The van der Waals surface area contributed by atoms with Gasteiger partial charge in [0.25, 0.3) is 5.91 Å². The van der Waals surface area contributed by atoms with Gasteiger partial charge in [-0.1, -0.05) is 12.1 Å². The molecule has 0 aliphatic rings. The van der Waals surface area contributed by atoms with E-state index in [1.165, 1.54) is 25.6 Å². The van der Waals surface area contributed by atoms with Gasteiger partial charge < -0.3 is 19.9 Å². The molecular formula is C23H22FN7O2. The maximum absolute atomic E-state index is 13.4. The zero-order valence-electron chi connectivity index (χ0n) is 18.1. The molecule has 2 N–H and O–H groups in total. The molecule has 0 atom stereocenters. The highest BCUT2D eigenvalue weighted by Crippen LogP contribution is 2.20. The monoisotopic (exact) mass is 447 g/mol. The third-order valence-electron chi connectivity index (χ3n) is 5.04. The predicted molar refractivity (Wildman–Crippen MR) is 120 cm³/mol. The van der Waals surface area contributed by atoms with Gasteiger partial charge in [-0.15, -0.1) is 10.2 Å². The summed E-state index contributed by atoms with van der Waals surface area (Å²) in [6.45, 7) is 0.622. The van der Waals surface area contributed by atoms with Gasteiger partial charge in [-0.05, 0) is 30.3 Å². The van der Waals surface area contributed by atoms with Gasteiger partial charge in [0.1, 0.15) is 23.6 Å². The highest BCUT2D eigenvalue weighted by molar-refractivity contribution is 5.95. The molecule has 0 aliphatic heterocycles. The number of carbonyl (C=O) groups is 1. The van der Waals surface area contributed by atoms with Crippen LogP contribution in [0.4, 0.5) is 10.1 Å². The van der Waals surface area contributed by atoms with Crippen molar-refractivity contribution in [1.82, 2.24) is 30.0 Å². The molecule has 0 aliphatic carbocycles. The lowest BCUT2D eigenvalue weighted by atomic mass is 10.1. The molecule has 168 valence electrons. The van der Waals surface area contributed by atoms with Crippen LogP contribution in [0.5, 0.6) is 5.75 Å². The molecule has 1 amide bonds. The number of rotatable bonds is 8. The Kier molecular flexibility index (Phi) is 6.53. The van der Waals surface area contributed by atoms with E-state index < -0.39 is 5.82 Å². The lowest BCUT2D eigenvalue weighted by Crippen LogP contribution is -2.23. The van der Waals surface area contributed by atoms with Crippen molar-refractivity contribution >= 4 is 11.6 Å². The van der Waals surface area contributed by atoms with Crippen molar-refractivity contribution in [2.75, 3.05) is 12.4 Å². The summed E-state index contributed by atoms with van der Waals surface area (Å²) in [5, 5.41) is 14.5. The molecule has 0 spiro atoms. The second-order valence-electron chi connectivity index (χ2n) is 7.17. The average molecular weight is 447 g/mol. The Morgan fingerprint density at radius 2 is 2.00 bits per heavy atom. The number of amides is 1. The van der Waals surface area contributed by atoms with Gasteiger partial charge in [0.2, 0.25) is 0 Å². The molecule has 0 fully saturated rings. The van der Waals surface area contributed by atoms with Crippen LogP contribution in [0.25, 0.3) is 11.5 Å². The Morgan fingerprint density at radius 1 is 1.12 bits per heavy atom. The fourth-order valence-corrected chi connectivity index (χ4v) is 3.25. The Bertz CT molecular complexity index is 1260. The SMILES string of the molecule is COc1cc(F)ccc1CNC(=O)c1cccc(NCc2nnc(-c3ccncn3)n2C)c1. The summed E-state index contributed by atoms with van der Waals surface area (Å²) in [5.41, 5.74) is 2.61. The molecule has 2 aromatic carbocycles. The fourth-order valence-electron chi connectivity index (χ4n) is 3.25. The van der Waals surface area contributed by atoms with Crippen LogP contribution in [-0.2, 0) is 20.1 Å². The minimum atomic E-state index is -0.396. The van der Waals surface area contributed by atoms with E-state index in [1.807, 2.05) is 17.7 Å². The molecule has 2 aromatic heterocycles. The van der Waals surface area contributed by atoms with Crippen LogP contribution in [0.3, 0.4) is 0 Å². The minimum absolute atomic E-state index is 0.213. The van der Waals surface area contributed by atoms with Crippen LogP contribution in [0.1, 0.15) is 21.7 Å². The maximum Gasteiger partial charge on any atom is 0.251 e. The van der Waals surface area contributed by atoms with Crippen molar-refractivity contribution in [3.05, 3.63) is 83.8 Å². The molecule has 0 saturated carbocycles. The summed E-state index contributed by atoms with van der Waals surface area (Å²) >= 11 is 0. The molecule has 2 heterocycles. The molecule has 4 rings (SSSR count). The van der Waals surface area contributed by atoms with Crippen molar-refractivity contribution in [3.63, 3.8) is 0 Å². The number of methoxy groups -OCH3 is 1. The van der Waals surface area contributed by atoms with Crippen molar-refractivity contribution in [3.8, 4) is 17.3 Å². The minimum Gasteiger partial charge on any atom is -0.496 e. The molecular weight excluding hydrogens is 425 g/mol. The number of nitrogens with one attached hydrogen (secondary N) is 2. The molecule has 33 heavy (non-hydrogen) atoms. The van der Waals surface area contributed by atoms with E-state index >= 15 is 0 Å². The first kappa shape index (κ1) is 21.9. The molecule has 10 heteroatoms. The van der Waals surface area contributed by atoms with Crippen LogP contribution in [0.2, 0.25) is 0 Å². The standard InChI is InChI=1S/C23H22FN7O2/c1-31-21(29-30-22(31)19-8-9-25-14-28-19)13-26-18-5-3-4-15(10-18)23(32)27-12-16-6-7-17(24)11-20(16)33-2/h3-11,14,26H,12-13H2,1-2H3,(H,27,32). The van der Waals surface area contributed by atoms with Crippen LogP contribution in [0.15, 0.2) is 61.1 Å². The first-order valence-corrected chi connectivity index (χ1v) is 10.1. The smallest absolute Gasteiger partial charge is 0.251 e. The number of hydrogen-bond donors (Lipinski definition) is 2. The number of nitrogens with zero attached hydrogens (tertiary/aromatic N) is 5. The van der Waals surface area contributed by atoms with Crippen LogP contribution in [-0.4, -0.2) is 37.7 Å². The zero-order chi connectivity index (χ0) is 23.2. The Labute approximate surface area is 189 Å². The van der Waals surface area contributed by atoms with E-state index in [1.54, 1.807) is 36.5 Å². The van der Waals surface area contributed by atoms with Crippen molar-refractivity contribution in [2.45, 2.75) is 13.1 Å². The van der Waals surface area contributed by atoms with E-state index in [4.69, 9.17) is 4.74 Å². The number of benzene rings is 2. The number of ether oxygens (including phenoxy) is 1. The van der Waals surface area contributed by atoms with Crippen molar-refractivity contribution < 1.29 is 13.9 Å². The first-order chi connectivity index (χ1) is 16.0. The third kappa shape index (κ3) is 5.12. The fraction of sp³-hybridized carbons (Fsp3) is 0.174. The normalized spacial score (nSPS) is 10.6. The lowest BCUT2D eigenvalue weighted by molar-refractivity contribution is 0.0950. The molecule has 0 saturated heterocycles. The lowest BCUT2D eigenvalue weighted by Gasteiger charge is -2.11. The summed E-state index contributed by atoms with van der Waals surface area (Å²) in [7, 11) is 3.32.